The van der Waals surface area contributed by atoms with Gasteiger partial charge in [-0.1, -0.05) is 42.3 Å². The summed E-state index contributed by atoms with van der Waals surface area (Å²) >= 11 is 12.5. The van der Waals surface area contributed by atoms with Crippen LogP contribution in [0.15, 0.2) is 18.2 Å². The molecule has 1 N–H and O–H groups in total. The first-order valence-electron chi connectivity index (χ1n) is 7.20. The quantitative estimate of drug-likeness (QED) is 0.892. The summed E-state index contributed by atoms with van der Waals surface area (Å²) in [4.78, 5) is 2.50. The third-order valence-electron chi connectivity index (χ3n) is 4.52. The molecule has 20 heavy (non-hydrogen) atoms. The minimum absolute atomic E-state index is 0.111. The molecule has 1 heterocycles. The van der Waals surface area contributed by atoms with Crippen LogP contribution in [-0.2, 0) is 6.54 Å². The van der Waals surface area contributed by atoms with Crippen molar-refractivity contribution in [2.75, 3.05) is 13.1 Å². The second-order valence-corrected chi connectivity index (χ2v) is 7.43. The van der Waals surface area contributed by atoms with Gasteiger partial charge in [0, 0.05) is 30.7 Å². The Morgan fingerprint density at radius 2 is 1.95 bits per heavy atom. The molecule has 1 fully saturated rings. The number of hydrogen-bond acceptors (Lipinski definition) is 2. The van der Waals surface area contributed by atoms with Gasteiger partial charge >= 0.3 is 0 Å². The highest BCUT2D eigenvalue weighted by Gasteiger charge is 2.39. The van der Waals surface area contributed by atoms with Gasteiger partial charge in [0.1, 0.15) is 0 Å². The highest BCUT2D eigenvalue weighted by molar-refractivity contribution is 6.42. The van der Waals surface area contributed by atoms with Crippen LogP contribution in [0, 0.1) is 0 Å². The maximum atomic E-state index is 6.34. The van der Waals surface area contributed by atoms with E-state index in [1.54, 1.807) is 0 Å². The normalized spacial score (nSPS) is 26.7. The van der Waals surface area contributed by atoms with Crippen LogP contribution in [0.1, 0.15) is 39.7 Å². The fourth-order valence-electron chi connectivity index (χ4n) is 2.62. The summed E-state index contributed by atoms with van der Waals surface area (Å²) in [6, 6.07) is 5.87. The Balaban J connectivity index is 2.23. The zero-order valence-corrected chi connectivity index (χ0v) is 14.3. The number of piperazine rings is 1. The average Bonchev–Trinajstić information content (AvgIpc) is 2.40. The topological polar surface area (TPSA) is 15.3 Å². The van der Waals surface area contributed by atoms with Gasteiger partial charge in [-0.05, 0) is 38.8 Å². The van der Waals surface area contributed by atoms with E-state index in [1.165, 1.54) is 0 Å². The van der Waals surface area contributed by atoms with Gasteiger partial charge in [0.05, 0.1) is 10.0 Å². The average molecular weight is 315 g/mol. The first-order valence-corrected chi connectivity index (χ1v) is 7.96. The molecule has 1 unspecified atom stereocenters. The first-order chi connectivity index (χ1) is 9.27. The van der Waals surface area contributed by atoms with E-state index in [9.17, 15) is 0 Å². The van der Waals surface area contributed by atoms with Crippen molar-refractivity contribution in [3.05, 3.63) is 33.8 Å². The van der Waals surface area contributed by atoms with Gasteiger partial charge in [0.2, 0.25) is 0 Å². The fraction of sp³-hybridized carbons (Fsp3) is 0.625. The molecule has 112 valence electrons. The van der Waals surface area contributed by atoms with Crippen LogP contribution in [0.3, 0.4) is 0 Å². The smallest absolute Gasteiger partial charge is 0.0637 e. The zero-order chi connectivity index (χ0) is 15.0. The molecule has 1 aliphatic rings. The molecule has 0 spiro atoms. The Morgan fingerprint density at radius 1 is 1.25 bits per heavy atom. The summed E-state index contributed by atoms with van der Waals surface area (Å²) in [6.45, 7) is 11.9. The van der Waals surface area contributed by atoms with E-state index in [4.69, 9.17) is 23.2 Å². The Kier molecular flexibility index (Phi) is 4.70. The van der Waals surface area contributed by atoms with E-state index in [-0.39, 0.29) is 11.1 Å². The van der Waals surface area contributed by atoms with Gasteiger partial charge in [0.15, 0.2) is 0 Å². The molecular formula is C16H24Cl2N2. The lowest BCUT2D eigenvalue weighted by Gasteiger charge is -2.51. The molecule has 1 atom stereocenters. The van der Waals surface area contributed by atoms with E-state index in [0.29, 0.717) is 10.0 Å². The largest absolute Gasteiger partial charge is 0.308 e. The number of halogens is 2. The minimum Gasteiger partial charge on any atom is -0.308 e. The lowest BCUT2D eigenvalue weighted by Crippen LogP contribution is -2.66. The van der Waals surface area contributed by atoms with E-state index in [1.807, 2.05) is 12.1 Å². The van der Waals surface area contributed by atoms with Crippen LogP contribution >= 0.6 is 23.2 Å². The molecule has 1 saturated heterocycles. The van der Waals surface area contributed by atoms with Crippen LogP contribution in [-0.4, -0.2) is 29.1 Å². The highest BCUT2D eigenvalue weighted by atomic mass is 35.5. The van der Waals surface area contributed by atoms with Gasteiger partial charge in [0.25, 0.3) is 0 Å². The number of hydrogen-bond donors (Lipinski definition) is 1. The van der Waals surface area contributed by atoms with Gasteiger partial charge in [-0.15, -0.1) is 0 Å². The monoisotopic (exact) mass is 314 g/mol. The molecule has 1 aromatic carbocycles. The molecule has 0 radical (unpaired) electrons. The summed E-state index contributed by atoms with van der Waals surface area (Å²) in [5, 5.41) is 4.99. The van der Waals surface area contributed by atoms with Crippen molar-refractivity contribution in [1.29, 1.82) is 0 Å². The molecule has 2 nitrogen and oxygen atoms in total. The van der Waals surface area contributed by atoms with Gasteiger partial charge in [-0.25, -0.2) is 0 Å². The molecule has 0 amide bonds. The lowest BCUT2D eigenvalue weighted by molar-refractivity contribution is 0.0246. The lowest BCUT2D eigenvalue weighted by atomic mass is 9.88. The molecule has 4 heteroatoms. The molecule has 0 saturated carbocycles. The van der Waals surface area contributed by atoms with Gasteiger partial charge in [-0.3, -0.25) is 4.90 Å². The third kappa shape index (κ3) is 3.30. The summed E-state index contributed by atoms with van der Waals surface area (Å²) in [7, 11) is 0. The molecule has 0 aliphatic carbocycles. The van der Waals surface area contributed by atoms with E-state index < -0.39 is 0 Å². The van der Waals surface area contributed by atoms with E-state index in [0.717, 1.165) is 31.6 Å². The van der Waals surface area contributed by atoms with E-state index in [2.05, 4.69) is 44.0 Å². The summed E-state index contributed by atoms with van der Waals surface area (Å²) in [5.41, 5.74) is 1.38. The number of benzene rings is 1. The standard InChI is InChI=1S/C16H24Cl2N2/c1-5-16(4)11-20(15(2,3)10-19-16)9-12-7-6-8-13(17)14(12)18/h6-8,19H,5,9-11H2,1-4H3. The predicted molar refractivity (Wildman–Crippen MR) is 87.6 cm³/mol. The van der Waals surface area contributed by atoms with Crippen LogP contribution < -0.4 is 5.32 Å². The van der Waals surface area contributed by atoms with E-state index >= 15 is 0 Å². The predicted octanol–water partition coefficient (Wildman–Crippen LogP) is 4.35. The van der Waals surface area contributed by atoms with Crippen molar-refractivity contribution in [2.24, 2.45) is 0 Å². The van der Waals surface area contributed by atoms with Crippen molar-refractivity contribution in [1.82, 2.24) is 10.2 Å². The Morgan fingerprint density at radius 3 is 2.60 bits per heavy atom. The maximum Gasteiger partial charge on any atom is 0.0637 e. The van der Waals surface area contributed by atoms with Crippen molar-refractivity contribution in [3.8, 4) is 0 Å². The van der Waals surface area contributed by atoms with Crippen LogP contribution in [0.5, 0.6) is 0 Å². The fourth-order valence-corrected chi connectivity index (χ4v) is 3.00. The highest BCUT2D eigenvalue weighted by Crippen LogP contribution is 2.31. The Hall–Kier alpha value is -0.280. The molecule has 1 aromatic rings. The molecular weight excluding hydrogens is 291 g/mol. The Labute approximate surface area is 132 Å². The van der Waals surface area contributed by atoms with Gasteiger partial charge in [-0.2, -0.15) is 0 Å². The molecule has 0 bridgehead atoms. The summed E-state index contributed by atoms with van der Waals surface area (Å²) in [6.07, 6.45) is 1.11. The molecule has 1 aliphatic heterocycles. The van der Waals surface area contributed by atoms with Crippen molar-refractivity contribution < 1.29 is 0 Å². The minimum atomic E-state index is 0.111. The third-order valence-corrected chi connectivity index (χ3v) is 5.37. The first kappa shape index (κ1) is 16.1. The van der Waals surface area contributed by atoms with Crippen molar-refractivity contribution >= 4 is 23.2 Å². The summed E-state index contributed by atoms with van der Waals surface area (Å²) in [5.74, 6) is 0. The van der Waals surface area contributed by atoms with Crippen molar-refractivity contribution in [2.45, 2.75) is 51.7 Å². The number of rotatable bonds is 3. The number of nitrogens with zero attached hydrogens (tertiary/aromatic N) is 1. The maximum absolute atomic E-state index is 6.34. The number of nitrogens with one attached hydrogen (secondary N) is 1. The Bertz CT molecular complexity index is 487. The van der Waals surface area contributed by atoms with Crippen molar-refractivity contribution in [3.63, 3.8) is 0 Å². The molecule has 2 rings (SSSR count). The van der Waals surface area contributed by atoms with Crippen LogP contribution in [0.25, 0.3) is 0 Å². The second-order valence-electron chi connectivity index (χ2n) is 6.65. The SMILES string of the molecule is CCC1(C)CN(Cc2cccc(Cl)c2Cl)C(C)(C)CN1. The zero-order valence-electron chi connectivity index (χ0n) is 12.8. The summed E-state index contributed by atoms with van der Waals surface area (Å²) < 4.78 is 0. The van der Waals surface area contributed by atoms with Gasteiger partial charge < -0.3 is 5.32 Å². The van der Waals surface area contributed by atoms with Crippen LogP contribution in [0.4, 0.5) is 0 Å². The second kappa shape index (κ2) is 5.84. The van der Waals surface area contributed by atoms with Crippen LogP contribution in [0.2, 0.25) is 10.0 Å². The molecule has 0 aromatic heterocycles.